The van der Waals surface area contributed by atoms with Crippen LogP contribution in [-0.4, -0.2) is 49.5 Å². The predicted molar refractivity (Wildman–Crippen MR) is 125 cm³/mol. The van der Waals surface area contributed by atoms with Crippen LogP contribution in [0.4, 0.5) is 0 Å². The number of likely N-dealkylation sites (tertiary alicyclic amines) is 1. The molecule has 0 bridgehead atoms. The van der Waals surface area contributed by atoms with Gasteiger partial charge in [-0.25, -0.2) is 9.50 Å². The minimum atomic E-state index is 0.0512. The summed E-state index contributed by atoms with van der Waals surface area (Å²) in [5.41, 5.74) is 12.6. The second-order valence-corrected chi connectivity index (χ2v) is 10.1. The number of hydrogen-bond acceptors (Lipinski definition) is 5. The van der Waals surface area contributed by atoms with Crippen LogP contribution in [0.5, 0.6) is 0 Å². The summed E-state index contributed by atoms with van der Waals surface area (Å²) in [5.74, 6) is 0.859. The number of pyridine rings is 1. The van der Waals surface area contributed by atoms with Crippen LogP contribution in [0.25, 0.3) is 27.1 Å². The highest BCUT2D eigenvalue weighted by molar-refractivity contribution is 7.21. The molecule has 0 spiro atoms. The number of aromatic nitrogens is 4. The van der Waals surface area contributed by atoms with Gasteiger partial charge in [0.05, 0.1) is 20.8 Å². The molecule has 1 saturated heterocycles. The molecule has 8 heteroatoms. The van der Waals surface area contributed by atoms with Gasteiger partial charge in [-0.15, -0.1) is 11.3 Å². The summed E-state index contributed by atoms with van der Waals surface area (Å²) in [7, 11) is 0. The maximum atomic E-state index is 13.2. The van der Waals surface area contributed by atoms with E-state index in [-0.39, 0.29) is 11.9 Å². The summed E-state index contributed by atoms with van der Waals surface area (Å²) in [4.78, 5) is 23.8. The number of rotatable bonds is 3. The Morgan fingerprint density at radius 2 is 2.16 bits per heavy atom. The number of nitrogens with one attached hydrogen (secondary N) is 1. The van der Waals surface area contributed by atoms with Crippen molar-refractivity contribution >= 4 is 33.1 Å². The zero-order valence-corrected chi connectivity index (χ0v) is 19.2. The topological polar surface area (TPSA) is 92.3 Å². The van der Waals surface area contributed by atoms with E-state index >= 15 is 0 Å². The molecule has 0 aromatic carbocycles. The van der Waals surface area contributed by atoms with E-state index in [1.54, 1.807) is 17.7 Å². The molecule has 31 heavy (non-hydrogen) atoms. The van der Waals surface area contributed by atoms with Gasteiger partial charge in [0.2, 0.25) is 0 Å². The Bertz CT molecular complexity index is 1280. The lowest BCUT2D eigenvalue weighted by molar-refractivity contribution is 0.0677. The number of thiophene rings is 1. The number of amides is 1. The third kappa shape index (κ3) is 3.34. The van der Waals surface area contributed by atoms with Crippen molar-refractivity contribution in [2.75, 3.05) is 13.1 Å². The minimum absolute atomic E-state index is 0.0512. The quantitative estimate of drug-likeness (QED) is 0.504. The summed E-state index contributed by atoms with van der Waals surface area (Å²) in [6.45, 7) is 10.0. The third-order valence-corrected chi connectivity index (χ3v) is 7.60. The Morgan fingerprint density at radius 3 is 2.90 bits per heavy atom. The van der Waals surface area contributed by atoms with Crippen LogP contribution >= 0.6 is 11.3 Å². The van der Waals surface area contributed by atoms with Gasteiger partial charge in [-0.05, 0) is 48.4 Å². The molecule has 1 aliphatic rings. The molecule has 0 unspecified atom stereocenters. The van der Waals surface area contributed by atoms with E-state index in [9.17, 15) is 4.79 Å². The molecule has 2 atom stereocenters. The molecule has 0 saturated carbocycles. The molecule has 5 rings (SSSR count). The smallest absolute Gasteiger partial charge is 0.264 e. The summed E-state index contributed by atoms with van der Waals surface area (Å²) in [5, 5.41) is 4.32. The van der Waals surface area contributed by atoms with E-state index < -0.39 is 0 Å². The Hall–Kier alpha value is -2.71. The summed E-state index contributed by atoms with van der Waals surface area (Å²) < 4.78 is 2.97. The number of piperidine rings is 1. The Kier molecular flexibility index (Phi) is 4.86. The van der Waals surface area contributed by atoms with Crippen LogP contribution in [0.15, 0.2) is 24.7 Å². The van der Waals surface area contributed by atoms with Gasteiger partial charge in [0.25, 0.3) is 5.91 Å². The Balaban J connectivity index is 1.55. The van der Waals surface area contributed by atoms with Gasteiger partial charge in [-0.2, -0.15) is 5.10 Å². The largest absolute Gasteiger partial charge is 0.354 e. The molecule has 162 valence electrons. The zero-order valence-electron chi connectivity index (χ0n) is 18.3. The summed E-state index contributed by atoms with van der Waals surface area (Å²) in [6, 6.07) is 4.20. The maximum absolute atomic E-state index is 13.2. The van der Waals surface area contributed by atoms with Crippen LogP contribution < -0.4 is 5.73 Å². The van der Waals surface area contributed by atoms with Crippen LogP contribution in [0, 0.1) is 12.8 Å². The van der Waals surface area contributed by atoms with Crippen molar-refractivity contribution in [3.05, 3.63) is 40.7 Å². The Labute approximate surface area is 185 Å². The van der Waals surface area contributed by atoms with Crippen LogP contribution in [-0.2, 0) is 0 Å². The van der Waals surface area contributed by atoms with Crippen molar-refractivity contribution in [3.63, 3.8) is 0 Å². The van der Waals surface area contributed by atoms with Gasteiger partial charge in [-0.3, -0.25) is 4.79 Å². The molecule has 7 nitrogen and oxygen atoms in total. The normalized spacial score (nSPS) is 19.7. The number of nitrogens with zero attached hydrogens (tertiary/aromatic N) is 4. The first-order valence-electron chi connectivity index (χ1n) is 10.8. The summed E-state index contributed by atoms with van der Waals surface area (Å²) in [6.07, 6.45) is 4.55. The molecule has 1 amide bonds. The Morgan fingerprint density at radius 1 is 1.35 bits per heavy atom. The lowest BCUT2D eigenvalue weighted by Gasteiger charge is -2.34. The average molecular weight is 437 g/mol. The van der Waals surface area contributed by atoms with E-state index in [1.807, 2.05) is 21.7 Å². The number of H-pyrrole nitrogens is 1. The number of carbonyl (C=O) groups excluding carboxylic acids is 1. The molecular weight excluding hydrogens is 408 g/mol. The molecule has 0 aliphatic carbocycles. The molecule has 3 N–H and O–H groups in total. The second-order valence-electron chi connectivity index (χ2n) is 9.04. The van der Waals surface area contributed by atoms with E-state index in [0.717, 1.165) is 50.5 Å². The molecule has 0 radical (unpaired) electrons. The SMILES string of the molecule is Cc1cc(-c2[nH]c3cc(C(=O)N4CC[C@H](C)[C@H](N)C4)sc3c2C(C)C)cn2ncnc12. The lowest BCUT2D eigenvalue weighted by atomic mass is 9.94. The minimum Gasteiger partial charge on any atom is -0.354 e. The van der Waals surface area contributed by atoms with Crippen molar-refractivity contribution in [1.82, 2.24) is 24.5 Å². The standard InChI is InChI=1S/C23H28N6OS/c1-12(2)19-20(15-7-14(4)22-25-11-26-29(22)9-15)27-17-8-18(31-21(17)19)23(30)28-6-5-13(3)16(24)10-28/h7-9,11-13,16,27H,5-6,10,24H2,1-4H3/t13-,16+/m0/s1. The molecule has 4 aromatic heterocycles. The number of fused-ring (bicyclic) bond motifs is 2. The van der Waals surface area contributed by atoms with E-state index in [4.69, 9.17) is 5.73 Å². The van der Waals surface area contributed by atoms with Gasteiger partial charge in [-0.1, -0.05) is 20.8 Å². The number of carbonyl (C=O) groups is 1. The number of aryl methyl sites for hydroxylation is 1. The molecule has 4 aromatic rings. The van der Waals surface area contributed by atoms with Gasteiger partial charge < -0.3 is 15.6 Å². The molecule has 5 heterocycles. The van der Waals surface area contributed by atoms with Crippen molar-refractivity contribution in [1.29, 1.82) is 0 Å². The first kappa shape index (κ1) is 20.2. The van der Waals surface area contributed by atoms with Crippen LogP contribution in [0.3, 0.4) is 0 Å². The fourth-order valence-corrected chi connectivity index (χ4v) is 5.83. The van der Waals surface area contributed by atoms with Gasteiger partial charge >= 0.3 is 0 Å². The first-order valence-corrected chi connectivity index (χ1v) is 11.7. The predicted octanol–water partition coefficient (Wildman–Crippen LogP) is 4.18. The van der Waals surface area contributed by atoms with E-state index in [0.29, 0.717) is 18.4 Å². The fraction of sp³-hybridized carbons (Fsp3) is 0.435. The van der Waals surface area contributed by atoms with Crippen molar-refractivity contribution < 1.29 is 4.79 Å². The monoisotopic (exact) mass is 436 g/mol. The fourth-order valence-electron chi connectivity index (χ4n) is 4.55. The maximum Gasteiger partial charge on any atom is 0.264 e. The van der Waals surface area contributed by atoms with Crippen molar-refractivity contribution in [2.45, 2.75) is 46.1 Å². The van der Waals surface area contributed by atoms with E-state index in [1.165, 1.54) is 5.56 Å². The van der Waals surface area contributed by atoms with Crippen LogP contribution in [0.2, 0.25) is 0 Å². The third-order valence-electron chi connectivity index (χ3n) is 6.45. The van der Waals surface area contributed by atoms with Crippen LogP contribution in [0.1, 0.15) is 53.9 Å². The number of nitrogens with two attached hydrogens (primary N) is 1. The van der Waals surface area contributed by atoms with Crippen molar-refractivity contribution in [3.8, 4) is 11.3 Å². The molecule has 1 aliphatic heterocycles. The summed E-state index contributed by atoms with van der Waals surface area (Å²) >= 11 is 1.58. The average Bonchev–Trinajstić information content (AvgIpc) is 3.42. The lowest BCUT2D eigenvalue weighted by Crippen LogP contribution is -2.49. The number of hydrogen-bond donors (Lipinski definition) is 2. The first-order chi connectivity index (χ1) is 14.8. The highest BCUT2D eigenvalue weighted by Crippen LogP contribution is 2.40. The van der Waals surface area contributed by atoms with Crippen molar-refractivity contribution in [2.24, 2.45) is 11.7 Å². The van der Waals surface area contributed by atoms with Gasteiger partial charge in [0, 0.05) is 30.9 Å². The zero-order chi connectivity index (χ0) is 21.9. The molecular formula is C23H28N6OS. The van der Waals surface area contributed by atoms with E-state index in [2.05, 4.69) is 48.8 Å². The highest BCUT2D eigenvalue weighted by atomic mass is 32.1. The van der Waals surface area contributed by atoms with Gasteiger partial charge in [0.1, 0.15) is 6.33 Å². The second kappa shape index (κ2) is 7.46. The highest BCUT2D eigenvalue weighted by Gasteiger charge is 2.29. The van der Waals surface area contributed by atoms with Gasteiger partial charge in [0.15, 0.2) is 5.65 Å². The number of aromatic amines is 1. The molecule has 1 fully saturated rings.